The standard InChI is InChI=1S/C13H15ClO2/c1-2-16-13(15)12-6-10-4-3-9(8-14)5-11(10)7-12/h3-5,12H,2,6-8H2,1H3. The topological polar surface area (TPSA) is 26.3 Å². The molecule has 1 aromatic carbocycles. The maximum atomic E-state index is 11.6. The minimum Gasteiger partial charge on any atom is -0.466 e. The van der Waals surface area contributed by atoms with Gasteiger partial charge in [-0.15, -0.1) is 11.6 Å². The van der Waals surface area contributed by atoms with Gasteiger partial charge in [-0.05, 0) is 36.5 Å². The number of carbonyl (C=O) groups excluding carboxylic acids is 1. The molecule has 0 saturated carbocycles. The molecule has 0 fully saturated rings. The van der Waals surface area contributed by atoms with Crippen molar-refractivity contribution in [3.63, 3.8) is 0 Å². The molecular formula is C13H15ClO2. The Morgan fingerprint density at radius 2 is 2.19 bits per heavy atom. The number of ether oxygens (including phenoxy) is 1. The zero-order valence-corrected chi connectivity index (χ0v) is 10.1. The number of esters is 1. The van der Waals surface area contributed by atoms with Gasteiger partial charge < -0.3 is 4.74 Å². The Bertz CT molecular complexity index is 401. The molecule has 0 heterocycles. The van der Waals surface area contributed by atoms with Crippen molar-refractivity contribution in [3.05, 3.63) is 34.9 Å². The van der Waals surface area contributed by atoms with Crippen LogP contribution >= 0.6 is 11.6 Å². The van der Waals surface area contributed by atoms with Crippen LogP contribution in [0.1, 0.15) is 23.6 Å². The lowest BCUT2D eigenvalue weighted by molar-refractivity contribution is -0.147. The minimum atomic E-state index is -0.0777. The summed E-state index contributed by atoms with van der Waals surface area (Å²) >= 11 is 5.79. The van der Waals surface area contributed by atoms with Crippen LogP contribution in [-0.4, -0.2) is 12.6 Å². The first-order chi connectivity index (χ1) is 7.74. The highest BCUT2D eigenvalue weighted by atomic mass is 35.5. The molecule has 0 aromatic heterocycles. The van der Waals surface area contributed by atoms with Crippen molar-refractivity contribution in [2.45, 2.75) is 25.6 Å². The smallest absolute Gasteiger partial charge is 0.309 e. The Balaban J connectivity index is 2.11. The van der Waals surface area contributed by atoms with Crippen molar-refractivity contribution < 1.29 is 9.53 Å². The van der Waals surface area contributed by atoms with Gasteiger partial charge in [0.25, 0.3) is 0 Å². The van der Waals surface area contributed by atoms with Crippen molar-refractivity contribution in [2.75, 3.05) is 6.61 Å². The fourth-order valence-electron chi connectivity index (χ4n) is 2.18. The van der Waals surface area contributed by atoms with Gasteiger partial charge in [-0.25, -0.2) is 0 Å². The third kappa shape index (κ3) is 2.22. The van der Waals surface area contributed by atoms with Crippen molar-refractivity contribution in [3.8, 4) is 0 Å². The molecule has 0 radical (unpaired) electrons. The van der Waals surface area contributed by atoms with Gasteiger partial charge in [0, 0.05) is 5.88 Å². The highest BCUT2D eigenvalue weighted by Crippen LogP contribution is 2.28. The summed E-state index contributed by atoms with van der Waals surface area (Å²) < 4.78 is 5.05. The summed E-state index contributed by atoms with van der Waals surface area (Å²) in [4.78, 5) is 11.6. The molecule has 86 valence electrons. The molecule has 0 N–H and O–H groups in total. The molecule has 1 aliphatic rings. The Morgan fingerprint density at radius 3 is 2.88 bits per heavy atom. The van der Waals surface area contributed by atoms with Crippen molar-refractivity contribution >= 4 is 17.6 Å². The van der Waals surface area contributed by atoms with Gasteiger partial charge in [-0.2, -0.15) is 0 Å². The van der Waals surface area contributed by atoms with Crippen LogP contribution in [0.15, 0.2) is 18.2 Å². The summed E-state index contributed by atoms with van der Waals surface area (Å²) in [6, 6.07) is 6.20. The normalized spacial score (nSPS) is 18.2. The number of alkyl halides is 1. The maximum Gasteiger partial charge on any atom is 0.309 e. The van der Waals surface area contributed by atoms with Crippen LogP contribution in [0.2, 0.25) is 0 Å². The van der Waals surface area contributed by atoms with Gasteiger partial charge in [-0.1, -0.05) is 18.2 Å². The molecule has 0 spiro atoms. The molecule has 0 aliphatic heterocycles. The summed E-state index contributed by atoms with van der Waals surface area (Å²) in [5, 5.41) is 0. The zero-order valence-electron chi connectivity index (χ0n) is 9.33. The van der Waals surface area contributed by atoms with Crippen molar-refractivity contribution in [2.24, 2.45) is 5.92 Å². The van der Waals surface area contributed by atoms with E-state index in [1.807, 2.05) is 13.0 Å². The third-order valence-electron chi connectivity index (χ3n) is 2.98. The molecule has 3 heteroatoms. The van der Waals surface area contributed by atoms with Gasteiger partial charge >= 0.3 is 5.97 Å². The molecule has 1 aromatic rings. The first kappa shape index (κ1) is 11.5. The first-order valence-corrected chi connectivity index (χ1v) is 6.11. The van der Waals surface area contributed by atoms with Crippen LogP contribution in [0.4, 0.5) is 0 Å². The van der Waals surface area contributed by atoms with E-state index in [1.54, 1.807) is 0 Å². The molecule has 0 amide bonds. The van der Waals surface area contributed by atoms with Crippen LogP contribution in [0.5, 0.6) is 0 Å². The largest absolute Gasteiger partial charge is 0.466 e. The van der Waals surface area contributed by atoms with E-state index in [9.17, 15) is 4.79 Å². The van der Waals surface area contributed by atoms with Crippen molar-refractivity contribution in [1.29, 1.82) is 0 Å². The van der Waals surface area contributed by atoms with E-state index in [0.717, 1.165) is 18.4 Å². The summed E-state index contributed by atoms with van der Waals surface area (Å²) in [5.41, 5.74) is 3.62. The molecule has 2 nitrogen and oxygen atoms in total. The van der Waals surface area contributed by atoms with Crippen molar-refractivity contribution in [1.82, 2.24) is 0 Å². The van der Waals surface area contributed by atoms with E-state index >= 15 is 0 Å². The van der Waals surface area contributed by atoms with E-state index in [-0.39, 0.29) is 11.9 Å². The van der Waals surface area contributed by atoms with Crippen LogP contribution in [0, 0.1) is 5.92 Å². The first-order valence-electron chi connectivity index (χ1n) is 5.58. The monoisotopic (exact) mass is 238 g/mol. The Kier molecular flexibility index (Phi) is 3.49. The lowest BCUT2D eigenvalue weighted by Gasteiger charge is -2.06. The molecule has 0 saturated heterocycles. The van der Waals surface area contributed by atoms with Crippen LogP contribution in [0.3, 0.4) is 0 Å². The second-order valence-electron chi connectivity index (χ2n) is 4.09. The summed E-state index contributed by atoms with van der Waals surface area (Å²) in [6.07, 6.45) is 1.59. The predicted octanol–water partition coefficient (Wildman–Crippen LogP) is 2.70. The fraction of sp³-hybridized carbons (Fsp3) is 0.462. The average molecular weight is 239 g/mol. The fourth-order valence-corrected chi connectivity index (χ4v) is 2.35. The molecule has 1 unspecified atom stereocenters. The SMILES string of the molecule is CCOC(=O)C1Cc2ccc(CCl)cc2C1. The van der Waals surface area contributed by atoms with Gasteiger partial charge in [-0.3, -0.25) is 4.79 Å². The lowest BCUT2D eigenvalue weighted by Crippen LogP contribution is -2.17. The number of hydrogen-bond donors (Lipinski definition) is 0. The highest BCUT2D eigenvalue weighted by Gasteiger charge is 2.28. The molecule has 2 rings (SSSR count). The van der Waals surface area contributed by atoms with Gasteiger partial charge in [0.05, 0.1) is 12.5 Å². The van der Waals surface area contributed by atoms with E-state index in [0.29, 0.717) is 12.5 Å². The van der Waals surface area contributed by atoms with Gasteiger partial charge in [0.1, 0.15) is 0 Å². The summed E-state index contributed by atoms with van der Waals surface area (Å²) in [6.45, 7) is 2.30. The van der Waals surface area contributed by atoms with Gasteiger partial charge in [0.2, 0.25) is 0 Å². The van der Waals surface area contributed by atoms with E-state index in [4.69, 9.17) is 16.3 Å². The number of fused-ring (bicyclic) bond motifs is 1. The number of halogens is 1. The lowest BCUT2D eigenvalue weighted by atomic mass is 10.1. The molecule has 1 aliphatic carbocycles. The average Bonchev–Trinajstić information content (AvgIpc) is 2.71. The predicted molar refractivity (Wildman–Crippen MR) is 63.5 cm³/mol. The van der Waals surface area contributed by atoms with E-state index in [2.05, 4.69) is 12.1 Å². The van der Waals surface area contributed by atoms with E-state index in [1.165, 1.54) is 11.1 Å². The molecular weight excluding hydrogens is 224 g/mol. The Hall–Kier alpha value is -1.02. The molecule has 1 atom stereocenters. The molecule has 16 heavy (non-hydrogen) atoms. The quantitative estimate of drug-likeness (QED) is 0.598. The zero-order chi connectivity index (χ0) is 11.5. The second-order valence-corrected chi connectivity index (χ2v) is 4.36. The number of rotatable bonds is 3. The van der Waals surface area contributed by atoms with Crippen LogP contribution in [-0.2, 0) is 28.3 Å². The van der Waals surface area contributed by atoms with Crippen LogP contribution < -0.4 is 0 Å². The minimum absolute atomic E-state index is 0.000487. The summed E-state index contributed by atoms with van der Waals surface area (Å²) in [5.74, 6) is 0.448. The highest BCUT2D eigenvalue weighted by molar-refractivity contribution is 6.17. The second kappa shape index (κ2) is 4.88. The number of carbonyl (C=O) groups is 1. The number of hydrogen-bond acceptors (Lipinski definition) is 2. The number of benzene rings is 1. The Labute approximate surface area is 101 Å². The summed E-state index contributed by atoms with van der Waals surface area (Å²) in [7, 11) is 0. The van der Waals surface area contributed by atoms with E-state index < -0.39 is 0 Å². The third-order valence-corrected chi connectivity index (χ3v) is 3.29. The molecule has 0 bridgehead atoms. The Morgan fingerprint density at radius 1 is 1.44 bits per heavy atom. The van der Waals surface area contributed by atoms with Gasteiger partial charge in [0.15, 0.2) is 0 Å². The maximum absolute atomic E-state index is 11.6. The van der Waals surface area contributed by atoms with Crippen LogP contribution in [0.25, 0.3) is 0 Å².